The van der Waals surface area contributed by atoms with Crippen LogP contribution in [0.15, 0.2) is 84.4 Å². The molecule has 3 aromatic carbocycles. The van der Waals surface area contributed by atoms with Crippen molar-refractivity contribution in [1.29, 1.82) is 0 Å². The molecule has 0 saturated carbocycles. The molecule has 1 aliphatic heterocycles. The van der Waals surface area contributed by atoms with Gasteiger partial charge < -0.3 is 9.84 Å². The highest BCUT2D eigenvalue weighted by Gasteiger charge is 2.48. The molecule has 1 saturated heterocycles. The van der Waals surface area contributed by atoms with E-state index in [1.165, 1.54) is 31.4 Å². The molecule has 0 bridgehead atoms. The third kappa shape index (κ3) is 3.47. The third-order valence-corrected chi connectivity index (χ3v) is 5.24. The molecular weight excluding hydrogens is 412 g/mol. The number of carbonyl (C=O) groups excluding carboxylic acids is 2. The Kier molecular flexibility index (Phi) is 5.43. The van der Waals surface area contributed by atoms with Crippen LogP contribution in [0.25, 0.3) is 5.76 Å². The van der Waals surface area contributed by atoms with Gasteiger partial charge in [-0.25, -0.2) is 0 Å². The number of amides is 1. The van der Waals surface area contributed by atoms with Gasteiger partial charge in [-0.05, 0) is 12.1 Å². The molecule has 1 heterocycles. The van der Waals surface area contributed by atoms with Crippen molar-refractivity contribution < 1.29 is 24.4 Å². The highest BCUT2D eigenvalue weighted by molar-refractivity contribution is 6.51. The van der Waals surface area contributed by atoms with E-state index in [0.29, 0.717) is 16.9 Å². The molecule has 160 valence electrons. The maximum Gasteiger partial charge on any atom is 0.300 e. The molecule has 1 unspecified atom stereocenters. The van der Waals surface area contributed by atoms with E-state index < -0.39 is 22.7 Å². The summed E-state index contributed by atoms with van der Waals surface area (Å²) in [6.07, 6.45) is 0. The number of ether oxygens (including phenoxy) is 1. The molecule has 0 aliphatic carbocycles. The summed E-state index contributed by atoms with van der Waals surface area (Å²) in [7, 11) is 1.45. The van der Waals surface area contributed by atoms with Gasteiger partial charge in [0.25, 0.3) is 17.4 Å². The van der Waals surface area contributed by atoms with Crippen LogP contribution in [0.3, 0.4) is 0 Å². The number of Topliss-reactive ketones (excluding diaryl/α,β-unsaturated/α-hetero) is 1. The van der Waals surface area contributed by atoms with Crippen molar-refractivity contribution in [2.45, 2.75) is 6.04 Å². The number of aliphatic hydroxyl groups excluding tert-OH is 1. The number of non-ortho nitro benzene ring substituents is 1. The molecule has 8 nitrogen and oxygen atoms in total. The first-order valence-electron chi connectivity index (χ1n) is 9.68. The zero-order valence-electron chi connectivity index (χ0n) is 17.0. The standard InChI is InChI=1S/C24H18N2O6/c1-32-19-13-6-5-12-18(19)21-20(22(27)15-8-3-2-4-9-15)23(28)24(29)25(21)16-10-7-11-17(14-16)26(30)31/h2-14,21,27H,1H3. The first-order valence-corrected chi connectivity index (χ1v) is 9.68. The number of hydrogen-bond acceptors (Lipinski definition) is 6. The van der Waals surface area contributed by atoms with E-state index in [0.717, 1.165) is 4.90 Å². The van der Waals surface area contributed by atoms with Gasteiger partial charge in [-0.2, -0.15) is 0 Å². The van der Waals surface area contributed by atoms with Crippen LogP contribution in [0.2, 0.25) is 0 Å². The fourth-order valence-electron chi connectivity index (χ4n) is 3.79. The number of benzene rings is 3. The maximum absolute atomic E-state index is 13.1. The number of carbonyl (C=O) groups is 2. The van der Waals surface area contributed by atoms with Gasteiger partial charge in [0.05, 0.1) is 29.3 Å². The molecular formula is C24H18N2O6. The predicted octanol–water partition coefficient (Wildman–Crippen LogP) is 4.23. The summed E-state index contributed by atoms with van der Waals surface area (Å²) in [5.41, 5.74) is 0.621. The molecule has 4 rings (SSSR count). The van der Waals surface area contributed by atoms with Gasteiger partial charge in [0.2, 0.25) is 0 Å². The zero-order chi connectivity index (χ0) is 22.8. The number of rotatable bonds is 5. The van der Waals surface area contributed by atoms with E-state index >= 15 is 0 Å². The van der Waals surface area contributed by atoms with Gasteiger partial charge in [-0.3, -0.25) is 24.6 Å². The number of hydrogen-bond donors (Lipinski definition) is 1. The van der Waals surface area contributed by atoms with Crippen LogP contribution in [0.4, 0.5) is 11.4 Å². The molecule has 1 amide bonds. The Morgan fingerprint density at radius 2 is 1.69 bits per heavy atom. The van der Waals surface area contributed by atoms with E-state index in [9.17, 15) is 24.8 Å². The first kappa shape index (κ1) is 20.8. The lowest BCUT2D eigenvalue weighted by Gasteiger charge is -2.26. The number of anilines is 1. The van der Waals surface area contributed by atoms with Crippen LogP contribution < -0.4 is 9.64 Å². The summed E-state index contributed by atoms with van der Waals surface area (Å²) in [5.74, 6) is -1.74. The Morgan fingerprint density at radius 1 is 1.00 bits per heavy atom. The van der Waals surface area contributed by atoms with Crippen molar-refractivity contribution in [2.75, 3.05) is 12.0 Å². The lowest BCUT2D eigenvalue weighted by atomic mass is 9.94. The van der Waals surface area contributed by atoms with Gasteiger partial charge in [0.1, 0.15) is 11.5 Å². The van der Waals surface area contributed by atoms with Crippen molar-refractivity contribution in [3.05, 3.63) is 106 Å². The van der Waals surface area contributed by atoms with Crippen molar-refractivity contribution in [1.82, 2.24) is 0 Å². The quantitative estimate of drug-likeness (QED) is 0.213. The number of methoxy groups -OCH3 is 1. The second-order valence-corrected chi connectivity index (χ2v) is 7.05. The number of ketones is 1. The number of para-hydroxylation sites is 1. The minimum Gasteiger partial charge on any atom is -0.507 e. The van der Waals surface area contributed by atoms with Gasteiger partial charge in [-0.1, -0.05) is 54.6 Å². The largest absolute Gasteiger partial charge is 0.507 e. The minimum absolute atomic E-state index is 0.128. The predicted molar refractivity (Wildman–Crippen MR) is 117 cm³/mol. The molecule has 32 heavy (non-hydrogen) atoms. The summed E-state index contributed by atoms with van der Waals surface area (Å²) in [6, 6.07) is 19.6. The van der Waals surface area contributed by atoms with E-state index in [1.54, 1.807) is 54.6 Å². The van der Waals surface area contributed by atoms with Gasteiger partial charge in [0.15, 0.2) is 0 Å². The average Bonchev–Trinajstić information content (AvgIpc) is 3.09. The summed E-state index contributed by atoms with van der Waals surface area (Å²) < 4.78 is 5.45. The molecule has 1 atom stereocenters. The fraction of sp³-hybridized carbons (Fsp3) is 0.0833. The fourth-order valence-corrected chi connectivity index (χ4v) is 3.79. The third-order valence-electron chi connectivity index (χ3n) is 5.24. The second-order valence-electron chi connectivity index (χ2n) is 7.05. The first-order chi connectivity index (χ1) is 15.4. The van der Waals surface area contributed by atoms with Crippen molar-refractivity contribution in [3.63, 3.8) is 0 Å². The number of aliphatic hydroxyl groups is 1. The van der Waals surface area contributed by atoms with E-state index in [-0.39, 0.29) is 22.7 Å². The summed E-state index contributed by atoms with van der Waals surface area (Å²) in [5, 5.41) is 22.3. The highest BCUT2D eigenvalue weighted by atomic mass is 16.6. The normalized spacial score (nSPS) is 17.4. The highest BCUT2D eigenvalue weighted by Crippen LogP contribution is 2.45. The Bertz CT molecular complexity index is 1250. The van der Waals surface area contributed by atoms with Crippen molar-refractivity contribution >= 4 is 28.8 Å². The number of nitro benzene ring substituents is 1. The van der Waals surface area contributed by atoms with Crippen LogP contribution in [0, 0.1) is 10.1 Å². The topological polar surface area (TPSA) is 110 Å². The molecule has 8 heteroatoms. The zero-order valence-corrected chi connectivity index (χ0v) is 17.0. The van der Waals surface area contributed by atoms with Crippen LogP contribution in [-0.2, 0) is 9.59 Å². The van der Waals surface area contributed by atoms with Gasteiger partial charge in [-0.15, -0.1) is 0 Å². The Morgan fingerprint density at radius 3 is 2.38 bits per heavy atom. The maximum atomic E-state index is 13.1. The second kappa shape index (κ2) is 8.35. The van der Waals surface area contributed by atoms with Crippen LogP contribution in [0.1, 0.15) is 17.2 Å². The summed E-state index contributed by atoms with van der Waals surface area (Å²) >= 11 is 0. The van der Waals surface area contributed by atoms with Gasteiger partial charge >= 0.3 is 0 Å². The molecule has 0 spiro atoms. The molecule has 3 aromatic rings. The summed E-state index contributed by atoms with van der Waals surface area (Å²) in [6.45, 7) is 0. The van der Waals surface area contributed by atoms with Crippen LogP contribution >= 0.6 is 0 Å². The Hall–Kier alpha value is -4.46. The lowest BCUT2D eigenvalue weighted by molar-refractivity contribution is -0.384. The van der Waals surface area contributed by atoms with E-state index in [4.69, 9.17) is 4.74 Å². The SMILES string of the molecule is COc1ccccc1C1C(=C(O)c2ccccc2)C(=O)C(=O)N1c1cccc([N+](=O)[O-])c1. The van der Waals surface area contributed by atoms with Crippen LogP contribution in [-0.4, -0.2) is 28.8 Å². The monoisotopic (exact) mass is 430 g/mol. The van der Waals surface area contributed by atoms with Crippen molar-refractivity contribution in [2.24, 2.45) is 0 Å². The molecule has 1 fully saturated rings. The minimum atomic E-state index is -1.05. The molecule has 1 N–H and O–H groups in total. The number of nitrogens with zero attached hydrogens (tertiary/aromatic N) is 2. The van der Waals surface area contributed by atoms with Gasteiger partial charge in [0, 0.05) is 23.3 Å². The molecule has 0 aromatic heterocycles. The number of nitro groups is 1. The van der Waals surface area contributed by atoms with E-state index in [1.807, 2.05) is 0 Å². The average molecular weight is 430 g/mol. The Balaban J connectivity index is 1.99. The smallest absolute Gasteiger partial charge is 0.300 e. The molecule has 1 aliphatic rings. The van der Waals surface area contributed by atoms with E-state index in [2.05, 4.69) is 0 Å². The van der Waals surface area contributed by atoms with Crippen LogP contribution in [0.5, 0.6) is 5.75 Å². The van der Waals surface area contributed by atoms with Crippen molar-refractivity contribution in [3.8, 4) is 5.75 Å². The lowest BCUT2D eigenvalue weighted by Crippen LogP contribution is -2.29. The summed E-state index contributed by atoms with van der Waals surface area (Å²) in [4.78, 5) is 38.1. The molecule has 0 radical (unpaired) electrons. The Labute approximate surface area is 183 Å².